The van der Waals surface area contributed by atoms with E-state index in [-0.39, 0.29) is 0 Å². The Bertz CT molecular complexity index is 445. The van der Waals surface area contributed by atoms with Crippen LogP contribution in [0.1, 0.15) is 46.1 Å². The molecule has 114 valence electrons. The molecule has 0 saturated heterocycles. The Hall–Kier alpha value is -0.830. The van der Waals surface area contributed by atoms with Gasteiger partial charge in [-0.2, -0.15) is 0 Å². The fourth-order valence-corrected chi connectivity index (χ4v) is 5.11. The molecule has 1 aromatic rings. The molecule has 2 N–H and O–H groups in total. The third-order valence-electron chi connectivity index (χ3n) is 3.74. The lowest BCUT2D eigenvalue weighted by atomic mass is 9.92. The summed E-state index contributed by atoms with van der Waals surface area (Å²) in [6, 6.07) is 7.51. The van der Waals surface area contributed by atoms with E-state index in [9.17, 15) is 4.57 Å². The Kier molecular flexibility index (Phi) is 6.25. The Labute approximate surface area is 122 Å². The highest BCUT2D eigenvalue weighted by atomic mass is 31.2. The first-order valence-electron chi connectivity index (χ1n) is 7.24. The van der Waals surface area contributed by atoms with Gasteiger partial charge < -0.3 is 14.8 Å². The molecule has 0 aromatic heterocycles. The van der Waals surface area contributed by atoms with Crippen LogP contribution in [0.4, 0.5) is 5.69 Å². The summed E-state index contributed by atoms with van der Waals surface area (Å²) in [5, 5.41) is -0.618. The van der Waals surface area contributed by atoms with E-state index in [1.807, 2.05) is 52.0 Å². The maximum atomic E-state index is 13.3. The molecule has 4 nitrogen and oxygen atoms in total. The molecule has 0 aliphatic rings. The van der Waals surface area contributed by atoms with Crippen molar-refractivity contribution >= 4 is 13.3 Å². The van der Waals surface area contributed by atoms with E-state index in [0.717, 1.165) is 5.56 Å². The predicted octanol–water partition coefficient (Wildman–Crippen LogP) is 4.55. The largest absolute Gasteiger partial charge is 0.399 e. The van der Waals surface area contributed by atoms with E-state index >= 15 is 0 Å². The molecule has 5 heteroatoms. The lowest BCUT2D eigenvalue weighted by Gasteiger charge is -2.38. The minimum Gasteiger partial charge on any atom is -0.399 e. The van der Waals surface area contributed by atoms with Crippen molar-refractivity contribution in [3.8, 4) is 0 Å². The van der Waals surface area contributed by atoms with Gasteiger partial charge in [0.2, 0.25) is 0 Å². The minimum absolute atomic E-state index is 0.369. The smallest absolute Gasteiger partial charge is 0.341 e. The fourth-order valence-electron chi connectivity index (χ4n) is 2.62. The summed E-state index contributed by atoms with van der Waals surface area (Å²) in [4.78, 5) is 0. The van der Waals surface area contributed by atoms with Crippen molar-refractivity contribution < 1.29 is 13.6 Å². The third-order valence-corrected chi connectivity index (χ3v) is 6.88. The van der Waals surface area contributed by atoms with Crippen molar-refractivity contribution in [3.63, 3.8) is 0 Å². The Morgan fingerprint density at radius 1 is 1.00 bits per heavy atom. The monoisotopic (exact) mass is 299 g/mol. The molecular formula is C15H26NO3P. The summed E-state index contributed by atoms with van der Waals surface area (Å²) in [5.74, 6) is 0. The Morgan fingerprint density at radius 3 is 1.80 bits per heavy atom. The van der Waals surface area contributed by atoms with Crippen molar-refractivity contribution in [1.82, 2.24) is 0 Å². The first-order valence-corrected chi connectivity index (χ1v) is 8.79. The zero-order chi connectivity index (χ0) is 15.2. The predicted molar refractivity (Wildman–Crippen MR) is 84.0 cm³/mol. The van der Waals surface area contributed by atoms with Gasteiger partial charge in [0.25, 0.3) is 0 Å². The van der Waals surface area contributed by atoms with Gasteiger partial charge >= 0.3 is 7.60 Å². The second-order valence-electron chi connectivity index (χ2n) is 4.69. The van der Waals surface area contributed by atoms with Crippen LogP contribution in [-0.4, -0.2) is 13.2 Å². The second-order valence-corrected chi connectivity index (χ2v) is 7.06. The SMILES string of the molecule is CCOP(=O)(OCC)C(CC)(CC)c1ccc(N)cc1. The van der Waals surface area contributed by atoms with E-state index in [4.69, 9.17) is 14.8 Å². The highest BCUT2D eigenvalue weighted by molar-refractivity contribution is 7.55. The lowest BCUT2D eigenvalue weighted by Crippen LogP contribution is -2.27. The molecule has 0 spiro atoms. The van der Waals surface area contributed by atoms with Gasteiger partial charge in [0.1, 0.15) is 0 Å². The van der Waals surface area contributed by atoms with Crippen LogP contribution in [0.25, 0.3) is 0 Å². The van der Waals surface area contributed by atoms with Crippen LogP contribution in [0.2, 0.25) is 0 Å². The average molecular weight is 299 g/mol. The molecule has 0 radical (unpaired) electrons. The van der Waals surface area contributed by atoms with Gasteiger partial charge in [-0.15, -0.1) is 0 Å². The van der Waals surface area contributed by atoms with Crippen molar-refractivity contribution in [3.05, 3.63) is 29.8 Å². The topological polar surface area (TPSA) is 61.5 Å². The van der Waals surface area contributed by atoms with Crippen LogP contribution in [0.15, 0.2) is 24.3 Å². The van der Waals surface area contributed by atoms with Crippen LogP contribution in [0.5, 0.6) is 0 Å². The molecule has 0 atom stereocenters. The summed E-state index contributed by atoms with van der Waals surface area (Å²) < 4.78 is 24.5. The van der Waals surface area contributed by atoms with Gasteiger partial charge in [0.15, 0.2) is 0 Å². The highest BCUT2D eigenvalue weighted by Crippen LogP contribution is 2.67. The maximum Gasteiger partial charge on any atom is 0.341 e. The number of nitrogen functional groups attached to an aromatic ring is 1. The summed E-state index contributed by atoms with van der Waals surface area (Å²) in [5.41, 5.74) is 7.40. The molecule has 0 unspecified atom stereocenters. The molecule has 0 saturated carbocycles. The summed E-state index contributed by atoms with van der Waals surface area (Å²) in [6.07, 6.45) is 1.37. The third kappa shape index (κ3) is 3.08. The van der Waals surface area contributed by atoms with E-state index in [0.29, 0.717) is 31.7 Å². The molecule has 0 aliphatic carbocycles. The first kappa shape index (κ1) is 17.2. The molecule has 0 aliphatic heterocycles. The molecule has 0 fully saturated rings. The van der Waals surface area contributed by atoms with Crippen molar-refractivity contribution in [2.24, 2.45) is 0 Å². The number of rotatable bonds is 8. The number of benzene rings is 1. The highest BCUT2D eigenvalue weighted by Gasteiger charge is 2.49. The molecule has 1 rings (SSSR count). The van der Waals surface area contributed by atoms with E-state index in [2.05, 4.69) is 0 Å². The molecule has 1 aromatic carbocycles. The van der Waals surface area contributed by atoms with Gasteiger partial charge in [0, 0.05) is 5.69 Å². The standard InChI is InChI=1S/C15H26NO3P/c1-5-15(6-2,13-9-11-14(16)12-10-13)20(17,18-7-3)19-8-4/h9-12H,5-8,16H2,1-4H3. The van der Waals surface area contributed by atoms with Crippen molar-refractivity contribution in [2.75, 3.05) is 18.9 Å². The zero-order valence-corrected chi connectivity index (χ0v) is 13.8. The molecular weight excluding hydrogens is 273 g/mol. The molecule has 0 bridgehead atoms. The van der Waals surface area contributed by atoms with Crippen molar-refractivity contribution in [1.29, 1.82) is 0 Å². The summed E-state index contributed by atoms with van der Waals surface area (Å²) >= 11 is 0. The number of anilines is 1. The van der Waals surface area contributed by atoms with E-state index < -0.39 is 12.8 Å². The summed E-state index contributed by atoms with van der Waals surface area (Å²) in [6.45, 7) is 8.45. The first-order chi connectivity index (χ1) is 9.49. The quantitative estimate of drug-likeness (QED) is 0.565. The van der Waals surface area contributed by atoms with E-state index in [1.54, 1.807) is 0 Å². The van der Waals surface area contributed by atoms with Crippen LogP contribution in [-0.2, 0) is 18.8 Å². The Balaban J connectivity index is 3.38. The van der Waals surface area contributed by atoms with Crippen molar-refractivity contribution in [2.45, 2.75) is 45.7 Å². The van der Waals surface area contributed by atoms with Gasteiger partial charge in [-0.3, -0.25) is 4.57 Å². The Morgan fingerprint density at radius 2 is 1.45 bits per heavy atom. The fraction of sp³-hybridized carbons (Fsp3) is 0.600. The second kappa shape index (κ2) is 7.26. The van der Waals surface area contributed by atoms with Gasteiger partial charge in [-0.25, -0.2) is 0 Å². The van der Waals surface area contributed by atoms with E-state index in [1.165, 1.54) is 0 Å². The normalized spacial score (nSPS) is 12.6. The van der Waals surface area contributed by atoms with Gasteiger partial charge in [-0.1, -0.05) is 26.0 Å². The summed E-state index contributed by atoms with van der Waals surface area (Å²) in [7, 11) is -3.24. The number of hydrogen-bond acceptors (Lipinski definition) is 4. The zero-order valence-electron chi connectivity index (χ0n) is 12.9. The molecule has 0 amide bonds. The van der Waals surface area contributed by atoms with Crippen LogP contribution >= 0.6 is 7.60 Å². The average Bonchev–Trinajstić information content (AvgIpc) is 2.43. The molecule has 0 heterocycles. The number of nitrogens with two attached hydrogens (primary N) is 1. The van der Waals surface area contributed by atoms with Crippen LogP contribution in [0.3, 0.4) is 0 Å². The minimum atomic E-state index is -3.24. The van der Waals surface area contributed by atoms with Gasteiger partial charge in [0.05, 0.1) is 18.4 Å². The van der Waals surface area contributed by atoms with Crippen LogP contribution in [0, 0.1) is 0 Å². The van der Waals surface area contributed by atoms with Gasteiger partial charge in [-0.05, 0) is 44.4 Å². The van der Waals surface area contributed by atoms with Crippen LogP contribution < -0.4 is 5.73 Å². The number of hydrogen-bond donors (Lipinski definition) is 1. The lowest BCUT2D eigenvalue weighted by molar-refractivity contribution is 0.191. The molecule has 20 heavy (non-hydrogen) atoms. The maximum absolute atomic E-state index is 13.3.